The van der Waals surface area contributed by atoms with Crippen LogP contribution in [0, 0.1) is 0 Å². The molecule has 1 aliphatic carbocycles. The first-order valence-corrected chi connectivity index (χ1v) is 7.63. The van der Waals surface area contributed by atoms with Crippen LogP contribution in [0.4, 0.5) is 0 Å². The van der Waals surface area contributed by atoms with Crippen LogP contribution in [0.15, 0.2) is 18.3 Å². The highest BCUT2D eigenvalue weighted by Gasteiger charge is 2.22. The van der Waals surface area contributed by atoms with Gasteiger partial charge < -0.3 is 9.47 Å². The van der Waals surface area contributed by atoms with Crippen LogP contribution in [0.5, 0.6) is 5.88 Å². The van der Waals surface area contributed by atoms with E-state index in [0.717, 1.165) is 31.9 Å². The molecular weight excluding hydrogens is 238 g/mol. The van der Waals surface area contributed by atoms with Gasteiger partial charge in [-0.1, -0.05) is 12.5 Å². The highest BCUT2D eigenvalue weighted by molar-refractivity contribution is 5.30. The van der Waals surface area contributed by atoms with Crippen molar-refractivity contribution in [2.45, 2.75) is 57.0 Å². The fraction of sp³-hybridized carbons (Fsp3) is 0.688. The van der Waals surface area contributed by atoms with Gasteiger partial charge in [0, 0.05) is 25.0 Å². The van der Waals surface area contributed by atoms with Gasteiger partial charge in [-0.15, -0.1) is 0 Å². The molecule has 2 heterocycles. The van der Waals surface area contributed by atoms with Crippen LogP contribution >= 0.6 is 0 Å². The summed E-state index contributed by atoms with van der Waals surface area (Å²) in [6, 6.07) is 4.21. The molecule has 0 atom stereocenters. The molecule has 3 heteroatoms. The average molecular weight is 261 g/mol. The molecule has 104 valence electrons. The molecule has 2 fully saturated rings. The van der Waals surface area contributed by atoms with Crippen LogP contribution < -0.4 is 4.74 Å². The first-order chi connectivity index (χ1) is 9.43. The van der Waals surface area contributed by atoms with E-state index < -0.39 is 0 Å². The summed E-state index contributed by atoms with van der Waals surface area (Å²) in [5, 5.41) is 0. The largest absolute Gasteiger partial charge is 0.474 e. The molecule has 1 aromatic rings. The average Bonchev–Trinajstić information content (AvgIpc) is 2.50. The van der Waals surface area contributed by atoms with Crippen molar-refractivity contribution < 1.29 is 9.47 Å². The minimum absolute atomic E-state index is 0.377. The van der Waals surface area contributed by atoms with Crippen LogP contribution in [-0.2, 0) is 4.74 Å². The van der Waals surface area contributed by atoms with E-state index >= 15 is 0 Å². The van der Waals surface area contributed by atoms with Gasteiger partial charge in [-0.05, 0) is 50.5 Å². The van der Waals surface area contributed by atoms with Crippen molar-refractivity contribution in [3.63, 3.8) is 0 Å². The lowest BCUT2D eigenvalue weighted by Gasteiger charge is -2.27. The maximum absolute atomic E-state index is 6.19. The Labute approximate surface area is 115 Å². The van der Waals surface area contributed by atoms with Crippen LogP contribution in [0.3, 0.4) is 0 Å². The minimum atomic E-state index is 0.377. The lowest BCUT2D eigenvalue weighted by molar-refractivity contribution is 0.0830. The van der Waals surface area contributed by atoms with Crippen LogP contribution in [0.25, 0.3) is 0 Å². The van der Waals surface area contributed by atoms with Crippen LogP contribution in [0.2, 0.25) is 0 Å². The molecule has 0 bridgehead atoms. The predicted molar refractivity (Wildman–Crippen MR) is 74.5 cm³/mol. The SMILES string of the molecule is c1cnc(OC2CCCCC2)c(C2CCOCC2)c1. The number of aromatic nitrogens is 1. The summed E-state index contributed by atoms with van der Waals surface area (Å²) in [4.78, 5) is 4.48. The van der Waals surface area contributed by atoms with Crippen molar-refractivity contribution in [3.05, 3.63) is 23.9 Å². The van der Waals surface area contributed by atoms with Gasteiger partial charge in [0.2, 0.25) is 5.88 Å². The highest BCUT2D eigenvalue weighted by atomic mass is 16.5. The summed E-state index contributed by atoms with van der Waals surface area (Å²) in [7, 11) is 0. The van der Waals surface area contributed by atoms with Crippen molar-refractivity contribution in [1.82, 2.24) is 4.98 Å². The number of hydrogen-bond donors (Lipinski definition) is 0. The van der Waals surface area contributed by atoms with E-state index in [1.165, 1.54) is 37.7 Å². The lowest BCUT2D eigenvalue weighted by Crippen LogP contribution is -2.22. The molecule has 1 aliphatic heterocycles. The second kappa shape index (κ2) is 6.38. The van der Waals surface area contributed by atoms with E-state index in [9.17, 15) is 0 Å². The van der Waals surface area contributed by atoms with Crippen LogP contribution in [0.1, 0.15) is 56.4 Å². The Balaban J connectivity index is 1.72. The molecule has 0 aromatic carbocycles. The summed E-state index contributed by atoms with van der Waals surface area (Å²) < 4.78 is 11.6. The molecule has 3 rings (SSSR count). The smallest absolute Gasteiger partial charge is 0.217 e. The van der Waals surface area contributed by atoms with Gasteiger partial charge in [-0.25, -0.2) is 4.98 Å². The van der Waals surface area contributed by atoms with Gasteiger partial charge in [-0.3, -0.25) is 0 Å². The molecule has 1 saturated heterocycles. The Morgan fingerprint density at radius 3 is 2.63 bits per heavy atom. The van der Waals surface area contributed by atoms with Gasteiger partial charge in [0.1, 0.15) is 6.10 Å². The molecule has 19 heavy (non-hydrogen) atoms. The van der Waals surface area contributed by atoms with E-state index in [4.69, 9.17) is 9.47 Å². The molecular formula is C16H23NO2. The molecule has 0 amide bonds. The third-order valence-corrected chi connectivity index (χ3v) is 4.29. The normalized spacial score (nSPS) is 22.3. The highest BCUT2D eigenvalue weighted by Crippen LogP contribution is 2.33. The number of nitrogens with zero attached hydrogens (tertiary/aromatic N) is 1. The second-order valence-corrected chi connectivity index (χ2v) is 5.66. The number of pyridine rings is 1. The second-order valence-electron chi connectivity index (χ2n) is 5.66. The first kappa shape index (κ1) is 12.9. The zero-order valence-corrected chi connectivity index (χ0v) is 11.5. The van der Waals surface area contributed by atoms with E-state index in [1.54, 1.807) is 0 Å². The predicted octanol–water partition coefficient (Wildman–Crippen LogP) is 3.69. The number of hydrogen-bond acceptors (Lipinski definition) is 3. The fourth-order valence-corrected chi connectivity index (χ4v) is 3.16. The van der Waals surface area contributed by atoms with E-state index in [2.05, 4.69) is 11.1 Å². The number of rotatable bonds is 3. The Kier molecular flexibility index (Phi) is 4.34. The monoisotopic (exact) mass is 261 g/mol. The quantitative estimate of drug-likeness (QED) is 0.831. The van der Waals surface area contributed by atoms with Crippen molar-refractivity contribution in [2.75, 3.05) is 13.2 Å². The number of ether oxygens (including phenoxy) is 2. The zero-order valence-electron chi connectivity index (χ0n) is 11.5. The Morgan fingerprint density at radius 1 is 1.05 bits per heavy atom. The summed E-state index contributed by atoms with van der Waals surface area (Å²) >= 11 is 0. The van der Waals surface area contributed by atoms with Gasteiger partial charge in [0.15, 0.2) is 0 Å². The maximum Gasteiger partial charge on any atom is 0.217 e. The topological polar surface area (TPSA) is 31.4 Å². The van der Waals surface area contributed by atoms with E-state index in [0.29, 0.717) is 12.0 Å². The minimum Gasteiger partial charge on any atom is -0.474 e. The maximum atomic E-state index is 6.19. The molecule has 3 nitrogen and oxygen atoms in total. The van der Waals surface area contributed by atoms with E-state index in [-0.39, 0.29) is 0 Å². The van der Waals surface area contributed by atoms with Gasteiger partial charge in [-0.2, -0.15) is 0 Å². The molecule has 1 saturated carbocycles. The molecule has 0 spiro atoms. The fourth-order valence-electron chi connectivity index (χ4n) is 3.16. The Bertz CT molecular complexity index is 395. The summed E-state index contributed by atoms with van der Waals surface area (Å²) in [6.07, 6.45) is 10.7. The standard InChI is InChI=1S/C16H23NO2/c1-2-5-14(6-3-1)19-16-15(7-4-10-17-16)13-8-11-18-12-9-13/h4,7,10,13-14H,1-3,5-6,8-9,11-12H2. The Hall–Kier alpha value is -1.09. The summed E-state index contributed by atoms with van der Waals surface area (Å²) in [6.45, 7) is 1.73. The van der Waals surface area contributed by atoms with Gasteiger partial charge in [0.25, 0.3) is 0 Å². The van der Waals surface area contributed by atoms with Crippen molar-refractivity contribution in [1.29, 1.82) is 0 Å². The third kappa shape index (κ3) is 3.27. The molecule has 0 unspecified atom stereocenters. The summed E-state index contributed by atoms with van der Waals surface area (Å²) in [5.74, 6) is 1.43. The molecule has 0 N–H and O–H groups in total. The Morgan fingerprint density at radius 2 is 1.84 bits per heavy atom. The van der Waals surface area contributed by atoms with Gasteiger partial charge >= 0.3 is 0 Å². The first-order valence-electron chi connectivity index (χ1n) is 7.63. The van der Waals surface area contributed by atoms with Crippen molar-refractivity contribution in [2.24, 2.45) is 0 Å². The van der Waals surface area contributed by atoms with Crippen LogP contribution in [-0.4, -0.2) is 24.3 Å². The van der Waals surface area contributed by atoms with Crippen molar-refractivity contribution >= 4 is 0 Å². The third-order valence-electron chi connectivity index (χ3n) is 4.29. The van der Waals surface area contributed by atoms with E-state index in [1.807, 2.05) is 12.3 Å². The molecule has 1 aromatic heterocycles. The van der Waals surface area contributed by atoms with Crippen molar-refractivity contribution in [3.8, 4) is 5.88 Å². The molecule has 2 aliphatic rings. The molecule has 0 radical (unpaired) electrons. The summed E-state index contributed by atoms with van der Waals surface area (Å²) in [5.41, 5.74) is 1.29. The zero-order chi connectivity index (χ0) is 12.9. The lowest BCUT2D eigenvalue weighted by atomic mass is 9.92. The van der Waals surface area contributed by atoms with Gasteiger partial charge in [0.05, 0.1) is 0 Å².